The Bertz CT molecular complexity index is 567. The van der Waals surface area contributed by atoms with Gasteiger partial charge in [-0.1, -0.05) is 17.7 Å². The Morgan fingerprint density at radius 1 is 0.950 bits per heavy atom. The Morgan fingerprint density at radius 2 is 1.55 bits per heavy atom. The molecule has 2 heteroatoms. The van der Waals surface area contributed by atoms with Gasteiger partial charge in [-0.15, -0.1) is 11.3 Å². The van der Waals surface area contributed by atoms with Crippen molar-refractivity contribution >= 4 is 11.3 Å². The molecule has 2 rings (SSSR count). The number of benzene rings is 1. The van der Waals surface area contributed by atoms with Gasteiger partial charge in [0.15, 0.2) is 0 Å². The van der Waals surface area contributed by atoms with Crippen molar-refractivity contribution in [3.8, 4) is 0 Å². The fourth-order valence-corrected chi connectivity index (χ4v) is 4.01. The first-order valence-electron chi connectivity index (χ1n) is 7.23. The zero-order chi connectivity index (χ0) is 14.9. The molecule has 1 unspecified atom stereocenters. The summed E-state index contributed by atoms with van der Waals surface area (Å²) in [5, 5.41) is 3.49. The second kappa shape index (κ2) is 6.11. The molecule has 0 fully saturated rings. The molecule has 0 spiro atoms. The number of nitrogens with one attached hydrogen (secondary N) is 1. The number of hydrogen-bond donors (Lipinski definition) is 1. The zero-order valence-electron chi connectivity index (χ0n) is 13.4. The topological polar surface area (TPSA) is 12.0 Å². The van der Waals surface area contributed by atoms with Gasteiger partial charge in [0.1, 0.15) is 0 Å². The molecule has 1 aromatic heterocycles. The molecule has 1 heterocycles. The monoisotopic (exact) mass is 287 g/mol. The van der Waals surface area contributed by atoms with Crippen LogP contribution in [0.4, 0.5) is 0 Å². The van der Waals surface area contributed by atoms with Crippen molar-refractivity contribution in [1.82, 2.24) is 5.32 Å². The molecule has 108 valence electrons. The predicted molar refractivity (Wildman–Crippen MR) is 90.0 cm³/mol. The van der Waals surface area contributed by atoms with E-state index in [1.165, 1.54) is 37.6 Å². The molecular weight excluding hydrogens is 262 g/mol. The average Bonchev–Trinajstić information content (AvgIpc) is 2.68. The summed E-state index contributed by atoms with van der Waals surface area (Å²) in [6.45, 7) is 11.0. The molecule has 1 N–H and O–H groups in total. The van der Waals surface area contributed by atoms with Crippen molar-refractivity contribution in [1.29, 1.82) is 0 Å². The number of thiophene rings is 1. The highest BCUT2D eigenvalue weighted by molar-refractivity contribution is 7.12. The second-order valence-corrected chi connectivity index (χ2v) is 7.10. The maximum atomic E-state index is 3.49. The minimum Gasteiger partial charge on any atom is -0.312 e. The summed E-state index contributed by atoms with van der Waals surface area (Å²) in [4.78, 5) is 2.87. The molecule has 0 aliphatic rings. The van der Waals surface area contributed by atoms with Crippen LogP contribution in [0.1, 0.15) is 43.6 Å². The van der Waals surface area contributed by atoms with Crippen LogP contribution in [-0.4, -0.2) is 7.05 Å². The van der Waals surface area contributed by atoms with E-state index in [2.05, 4.69) is 65.2 Å². The first kappa shape index (κ1) is 15.3. The van der Waals surface area contributed by atoms with Crippen molar-refractivity contribution < 1.29 is 0 Å². The Balaban J connectivity index is 2.31. The van der Waals surface area contributed by atoms with Gasteiger partial charge in [0.05, 0.1) is 0 Å². The molecule has 0 aliphatic heterocycles. The Labute approximate surface area is 127 Å². The summed E-state index contributed by atoms with van der Waals surface area (Å²) in [7, 11) is 2.06. The van der Waals surface area contributed by atoms with Gasteiger partial charge in [-0.25, -0.2) is 0 Å². The molecule has 0 radical (unpaired) electrons. The SMILES string of the molecule is CNC(Cc1c(C)cc(C)cc1C)c1cc(C)c(C)s1. The van der Waals surface area contributed by atoms with E-state index >= 15 is 0 Å². The van der Waals surface area contributed by atoms with Crippen LogP contribution in [0.5, 0.6) is 0 Å². The molecule has 1 aromatic carbocycles. The van der Waals surface area contributed by atoms with Crippen LogP contribution in [0.2, 0.25) is 0 Å². The van der Waals surface area contributed by atoms with Crippen molar-refractivity contribution in [3.63, 3.8) is 0 Å². The molecule has 1 nitrogen and oxygen atoms in total. The smallest absolute Gasteiger partial charge is 0.0453 e. The molecule has 1 atom stereocenters. The first-order valence-corrected chi connectivity index (χ1v) is 8.05. The lowest BCUT2D eigenvalue weighted by Gasteiger charge is -2.18. The maximum absolute atomic E-state index is 3.49. The minimum atomic E-state index is 0.410. The van der Waals surface area contributed by atoms with E-state index < -0.39 is 0 Å². The summed E-state index contributed by atoms with van der Waals surface area (Å²) in [6.07, 6.45) is 1.06. The predicted octanol–water partition coefficient (Wildman–Crippen LogP) is 4.79. The van der Waals surface area contributed by atoms with Gasteiger partial charge in [0.25, 0.3) is 0 Å². The van der Waals surface area contributed by atoms with E-state index in [9.17, 15) is 0 Å². The van der Waals surface area contributed by atoms with Crippen molar-refractivity contribution in [2.45, 2.75) is 47.1 Å². The summed E-state index contributed by atoms with van der Waals surface area (Å²) in [6, 6.07) is 7.33. The van der Waals surface area contributed by atoms with Crippen LogP contribution in [0.3, 0.4) is 0 Å². The van der Waals surface area contributed by atoms with Gasteiger partial charge in [-0.3, -0.25) is 0 Å². The molecule has 0 aliphatic carbocycles. The fourth-order valence-electron chi connectivity index (χ4n) is 2.85. The molecule has 0 bridgehead atoms. The quantitative estimate of drug-likeness (QED) is 0.852. The molecule has 0 amide bonds. The van der Waals surface area contributed by atoms with Crippen LogP contribution in [0.15, 0.2) is 18.2 Å². The standard InChI is InChI=1S/C18H25NS/c1-11-7-13(3)16(14(4)8-11)10-17(19-6)18-9-12(2)15(5)20-18/h7-9,17,19H,10H2,1-6H3. The van der Waals surface area contributed by atoms with Gasteiger partial charge in [-0.2, -0.15) is 0 Å². The van der Waals surface area contributed by atoms with Gasteiger partial charge in [0.2, 0.25) is 0 Å². The van der Waals surface area contributed by atoms with Crippen LogP contribution in [0.25, 0.3) is 0 Å². The first-order chi connectivity index (χ1) is 9.42. The normalized spacial score (nSPS) is 12.7. The summed E-state index contributed by atoms with van der Waals surface area (Å²) in [5.74, 6) is 0. The summed E-state index contributed by atoms with van der Waals surface area (Å²) >= 11 is 1.92. The summed E-state index contributed by atoms with van der Waals surface area (Å²) < 4.78 is 0. The van der Waals surface area contributed by atoms with Gasteiger partial charge >= 0.3 is 0 Å². The number of aryl methyl sites for hydroxylation is 5. The molecule has 0 saturated heterocycles. The fraction of sp³-hybridized carbons (Fsp3) is 0.444. The lowest BCUT2D eigenvalue weighted by Crippen LogP contribution is -2.18. The Hall–Kier alpha value is -1.12. The highest BCUT2D eigenvalue weighted by Gasteiger charge is 2.16. The lowest BCUT2D eigenvalue weighted by molar-refractivity contribution is 0.599. The summed E-state index contributed by atoms with van der Waals surface area (Å²) in [5.41, 5.74) is 7.06. The molecule has 20 heavy (non-hydrogen) atoms. The second-order valence-electron chi connectivity index (χ2n) is 5.81. The highest BCUT2D eigenvalue weighted by atomic mass is 32.1. The molecule has 2 aromatic rings. The number of rotatable bonds is 4. The van der Waals surface area contributed by atoms with E-state index in [0.717, 1.165) is 6.42 Å². The highest BCUT2D eigenvalue weighted by Crippen LogP contribution is 2.30. The van der Waals surface area contributed by atoms with Crippen LogP contribution < -0.4 is 5.32 Å². The van der Waals surface area contributed by atoms with Crippen LogP contribution in [-0.2, 0) is 6.42 Å². The van der Waals surface area contributed by atoms with E-state index in [0.29, 0.717) is 6.04 Å². The average molecular weight is 287 g/mol. The number of likely N-dealkylation sites (N-methyl/N-ethyl adjacent to an activating group) is 1. The minimum absolute atomic E-state index is 0.410. The third kappa shape index (κ3) is 3.13. The van der Waals surface area contributed by atoms with E-state index in [1.54, 1.807) is 0 Å². The van der Waals surface area contributed by atoms with Gasteiger partial charge < -0.3 is 5.32 Å². The molecule has 0 saturated carbocycles. The lowest BCUT2D eigenvalue weighted by atomic mass is 9.94. The third-order valence-corrected chi connectivity index (χ3v) is 5.39. The van der Waals surface area contributed by atoms with Crippen molar-refractivity contribution in [2.24, 2.45) is 0 Å². The van der Waals surface area contributed by atoms with Crippen molar-refractivity contribution in [3.05, 3.63) is 55.8 Å². The van der Waals surface area contributed by atoms with Gasteiger partial charge in [-0.05, 0) is 76.4 Å². The zero-order valence-corrected chi connectivity index (χ0v) is 14.2. The van der Waals surface area contributed by atoms with Crippen LogP contribution >= 0.6 is 11.3 Å². The van der Waals surface area contributed by atoms with Crippen LogP contribution in [0, 0.1) is 34.6 Å². The van der Waals surface area contributed by atoms with E-state index in [4.69, 9.17) is 0 Å². The van der Waals surface area contributed by atoms with E-state index in [1.807, 2.05) is 11.3 Å². The molecular formula is C18H25NS. The van der Waals surface area contributed by atoms with Gasteiger partial charge in [0, 0.05) is 15.8 Å². The Morgan fingerprint density at radius 3 is 2.00 bits per heavy atom. The van der Waals surface area contributed by atoms with Crippen molar-refractivity contribution in [2.75, 3.05) is 7.05 Å². The largest absolute Gasteiger partial charge is 0.312 e. The Kier molecular flexibility index (Phi) is 4.66. The number of hydrogen-bond acceptors (Lipinski definition) is 2. The third-order valence-electron chi connectivity index (χ3n) is 4.13. The van der Waals surface area contributed by atoms with E-state index in [-0.39, 0.29) is 0 Å². The maximum Gasteiger partial charge on any atom is 0.0453 e.